The first-order valence-corrected chi connectivity index (χ1v) is 8.07. The molecule has 4 heteroatoms. The Morgan fingerprint density at radius 2 is 2.26 bits per heavy atom. The van der Waals surface area contributed by atoms with Crippen molar-refractivity contribution in [3.63, 3.8) is 0 Å². The second kappa shape index (κ2) is 7.06. The lowest BCUT2D eigenvalue weighted by Crippen LogP contribution is -2.40. The standard InChI is InChI=1S/C15H24N2OS/c1-12(14-4-3-11-19-14)15(18)17-9-6-13(7-10-17)5-8-16-2/h3-4,11-13,16H,5-10H2,1-2H3. The van der Waals surface area contributed by atoms with Crippen molar-refractivity contribution in [2.45, 2.75) is 32.1 Å². The summed E-state index contributed by atoms with van der Waals surface area (Å²) < 4.78 is 0. The first kappa shape index (κ1) is 14.5. The van der Waals surface area contributed by atoms with E-state index in [1.807, 2.05) is 25.4 Å². The second-order valence-corrected chi connectivity index (χ2v) is 6.38. The average Bonchev–Trinajstić information content (AvgIpc) is 2.98. The van der Waals surface area contributed by atoms with Crippen LogP contribution in [0, 0.1) is 5.92 Å². The van der Waals surface area contributed by atoms with Crippen LogP contribution in [0.3, 0.4) is 0 Å². The maximum absolute atomic E-state index is 12.4. The van der Waals surface area contributed by atoms with E-state index in [1.54, 1.807) is 11.3 Å². The topological polar surface area (TPSA) is 32.3 Å². The highest BCUT2D eigenvalue weighted by Crippen LogP contribution is 2.26. The lowest BCUT2D eigenvalue weighted by atomic mass is 9.93. The molecule has 3 nitrogen and oxygen atoms in total. The van der Waals surface area contributed by atoms with Crippen molar-refractivity contribution in [1.29, 1.82) is 0 Å². The quantitative estimate of drug-likeness (QED) is 0.899. The van der Waals surface area contributed by atoms with E-state index < -0.39 is 0 Å². The van der Waals surface area contributed by atoms with E-state index >= 15 is 0 Å². The molecule has 0 spiro atoms. The van der Waals surface area contributed by atoms with Crippen LogP contribution in [0.1, 0.15) is 37.0 Å². The van der Waals surface area contributed by atoms with E-state index in [0.29, 0.717) is 5.91 Å². The average molecular weight is 280 g/mol. The highest BCUT2D eigenvalue weighted by molar-refractivity contribution is 7.10. The van der Waals surface area contributed by atoms with Gasteiger partial charge >= 0.3 is 0 Å². The molecule has 2 rings (SSSR count). The Balaban J connectivity index is 1.82. The van der Waals surface area contributed by atoms with Gasteiger partial charge in [-0.25, -0.2) is 0 Å². The van der Waals surface area contributed by atoms with E-state index in [9.17, 15) is 4.79 Å². The van der Waals surface area contributed by atoms with Gasteiger partial charge in [0.05, 0.1) is 5.92 Å². The van der Waals surface area contributed by atoms with Gasteiger partial charge in [-0.3, -0.25) is 4.79 Å². The van der Waals surface area contributed by atoms with Crippen LogP contribution >= 0.6 is 11.3 Å². The summed E-state index contributed by atoms with van der Waals surface area (Å²) in [6.45, 7) is 4.98. The lowest BCUT2D eigenvalue weighted by molar-refractivity contribution is -0.133. The zero-order chi connectivity index (χ0) is 13.7. The fourth-order valence-electron chi connectivity index (χ4n) is 2.72. The molecule has 2 heterocycles. The molecular formula is C15H24N2OS. The molecule has 0 aliphatic carbocycles. The number of rotatable bonds is 5. The minimum atomic E-state index is 0.0221. The van der Waals surface area contributed by atoms with E-state index in [2.05, 4.69) is 16.3 Å². The number of likely N-dealkylation sites (tertiary alicyclic amines) is 1. The van der Waals surface area contributed by atoms with Gasteiger partial charge in [-0.15, -0.1) is 11.3 Å². The predicted molar refractivity (Wildman–Crippen MR) is 80.6 cm³/mol. The summed E-state index contributed by atoms with van der Waals surface area (Å²) in [6, 6.07) is 4.08. The maximum Gasteiger partial charge on any atom is 0.230 e. The third-order valence-electron chi connectivity index (χ3n) is 4.07. The molecule has 1 aliphatic rings. The largest absolute Gasteiger partial charge is 0.342 e. The van der Waals surface area contributed by atoms with E-state index in [1.165, 1.54) is 11.3 Å². The van der Waals surface area contributed by atoms with Crippen LogP contribution in [-0.4, -0.2) is 37.5 Å². The number of hydrogen-bond acceptors (Lipinski definition) is 3. The van der Waals surface area contributed by atoms with Crippen molar-refractivity contribution in [1.82, 2.24) is 10.2 Å². The zero-order valence-electron chi connectivity index (χ0n) is 11.9. The smallest absolute Gasteiger partial charge is 0.230 e. The summed E-state index contributed by atoms with van der Waals surface area (Å²) in [5.41, 5.74) is 0. The summed E-state index contributed by atoms with van der Waals surface area (Å²) in [5.74, 6) is 1.11. The molecule has 0 radical (unpaired) electrons. The predicted octanol–water partition coefficient (Wildman–Crippen LogP) is 2.70. The highest BCUT2D eigenvalue weighted by Gasteiger charge is 2.26. The molecule has 1 unspecified atom stereocenters. The Kier molecular flexibility index (Phi) is 5.40. The molecule has 106 valence electrons. The van der Waals surface area contributed by atoms with Crippen molar-refractivity contribution in [2.75, 3.05) is 26.7 Å². The van der Waals surface area contributed by atoms with Gasteiger partial charge in [0.25, 0.3) is 0 Å². The van der Waals surface area contributed by atoms with Gasteiger partial charge in [0.2, 0.25) is 5.91 Å². The lowest BCUT2D eigenvalue weighted by Gasteiger charge is -2.33. The van der Waals surface area contributed by atoms with Gasteiger partial charge in [0.15, 0.2) is 0 Å². The first-order chi connectivity index (χ1) is 9.22. The van der Waals surface area contributed by atoms with Crippen molar-refractivity contribution in [2.24, 2.45) is 5.92 Å². The maximum atomic E-state index is 12.4. The minimum Gasteiger partial charge on any atom is -0.342 e. The fraction of sp³-hybridized carbons (Fsp3) is 0.667. The van der Waals surface area contributed by atoms with Gasteiger partial charge in [0.1, 0.15) is 0 Å². The number of amides is 1. The number of carbonyl (C=O) groups excluding carboxylic acids is 1. The Labute approximate surface area is 120 Å². The number of piperidine rings is 1. The van der Waals surface area contributed by atoms with Crippen molar-refractivity contribution >= 4 is 17.2 Å². The van der Waals surface area contributed by atoms with Gasteiger partial charge in [-0.1, -0.05) is 6.07 Å². The molecule has 1 amide bonds. The molecule has 1 fully saturated rings. The summed E-state index contributed by atoms with van der Waals surface area (Å²) in [4.78, 5) is 15.7. The molecule has 1 aromatic heterocycles. The minimum absolute atomic E-state index is 0.0221. The SMILES string of the molecule is CNCCC1CCN(C(=O)C(C)c2cccs2)CC1. The molecule has 1 aromatic rings. The molecule has 1 saturated heterocycles. The number of nitrogens with zero attached hydrogens (tertiary/aromatic N) is 1. The normalized spacial score (nSPS) is 18.5. The molecule has 19 heavy (non-hydrogen) atoms. The Morgan fingerprint density at radius 1 is 1.53 bits per heavy atom. The summed E-state index contributed by atoms with van der Waals surface area (Å²) >= 11 is 1.68. The monoisotopic (exact) mass is 280 g/mol. The third-order valence-corrected chi connectivity index (χ3v) is 5.12. The van der Waals surface area contributed by atoms with Crippen LogP contribution in [0.25, 0.3) is 0 Å². The van der Waals surface area contributed by atoms with Gasteiger partial charge in [-0.2, -0.15) is 0 Å². The third kappa shape index (κ3) is 3.80. The Hall–Kier alpha value is -0.870. The fourth-order valence-corrected chi connectivity index (χ4v) is 3.50. The summed E-state index contributed by atoms with van der Waals surface area (Å²) in [6.07, 6.45) is 3.55. The first-order valence-electron chi connectivity index (χ1n) is 7.19. The Bertz CT molecular complexity index is 383. The van der Waals surface area contributed by atoms with Crippen molar-refractivity contribution in [3.05, 3.63) is 22.4 Å². The molecular weight excluding hydrogens is 256 g/mol. The van der Waals surface area contributed by atoms with E-state index in [0.717, 1.165) is 38.4 Å². The number of carbonyl (C=O) groups is 1. The summed E-state index contributed by atoms with van der Waals surface area (Å²) in [5, 5.41) is 5.25. The van der Waals surface area contributed by atoms with Gasteiger partial charge in [-0.05, 0) is 57.1 Å². The van der Waals surface area contributed by atoms with Crippen LogP contribution in [0.4, 0.5) is 0 Å². The van der Waals surface area contributed by atoms with Crippen LogP contribution in [-0.2, 0) is 4.79 Å². The zero-order valence-corrected chi connectivity index (χ0v) is 12.7. The number of nitrogens with one attached hydrogen (secondary N) is 1. The van der Waals surface area contributed by atoms with Crippen molar-refractivity contribution in [3.8, 4) is 0 Å². The van der Waals surface area contributed by atoms with Crippen molar-refractivity contribution < 1.29 is 4.79 Å². The summed E-state index contributed by atoms with van der Waals surface area (Å²) in [7, 11) is 2.00. The molecule has 0 saturated carbocycles. The van der Waals surface area contributed by atoms with Gasteiger partial charge in [0, 0.05) is 18.0 Å². The molecule has 1 N–H and O–H groups in total. The molecule has 1 aliphatic heterocycles. The number of hydrogen-bond donors (Lipinski definition) is 1. The van der Waals surface area contributed by atoms with Gasteiger partial charge < -0.3 is 10.2 Å². The Morgan fingerprint density at radius 3 is 2.84 bits per heavy atom. The van der Waals surface area contributed by atoms with Crippen LogP contribution in [0.15, 0.2) is 17.5 Å². The van der Waals surface area contributed by atoms with Crippen LogP contribution in [0.2, 0.25) is 0 Å². The second-order valence-electron chi connectivity index (χ2n) is 5.40. The van der Waals surface area contributed by atoms with E-state index in [-0.39, 0.29) is 5.92 Å². The van der Waals surface area contributed by atoms with Crippen LogP contribution < -0.4 is 5.32 Å². The van der Waals surface area contributed by atoms with E-state index in [4.69, 9.17) is 0 Å². The highest BCUT2D eigenvalue weighted by atomic mass is 32.1. The van der Waals surface area contributed by atoms with Crippen LogP contribution in [0.5, 0.6) is 0 Å². The number of thiophene rings is 1. The molecule has 0 bridgehead atoms. The molecule has 0 aromatic carbocycles. The molecule has 1 atom stereocenters.